The highest BCUT2D eigenvalue weighted by Gasteiger charge is 2.08. The van der Waals surface area contributed by atoms with E-state index in [-0.39, 0.29) is 18.4 Å². The van der Waals surface area contributed by atoms with Gasteiger partial charge in [-0.15, -0.1) is 0 Å². The van der Waals surface area contributed by atoms with Crippen molar-refractivity contribution in [1.82, 2.24) is 10.6 Å². The summed E-state index contributed by atoms with van der Waals surface area (Å²) in [5.41, 5.74) is 0.458. The first-order chi connectivity index (χ1) is 11.9. The minimum Gasteiger partial charge on any atom is -0.434 e. The van der Waals surface area contributed by atoms with Gasteiger partial charge in [0.1, 0.15) is 5.75 Å². The molecule has 0 unspecified atom stereocenters. The minimum absolute atomic E-state index is 0.0264. The zero-order chi connectivity index (χ0) is 18.7. The summed E-state index contributed by atoms with van der Waals surface area (Å²) < 4.78 is 9.59. The maximum absolute atomic E-state index is 12.0. The SMILES string of the molecule is CCOC(=O)Oc1ccc(C(=O)NCCCNC(=O)CC(C)C)cc1. The molecule has 0 saturated heterocycles. The fourth-order valence-corrected chi connectivity index (χ4v) is 1.98. The van der Waals surface area contributed by atoms with E-state index in [2.05, 4.69) is 15.4 Å². The maximum atomic E-state index is 12.0. The van der Waals surface area contributed by atoms with Crippen molar-refractivity contribution in [2.75, 3.05) is 19.7 Å². The van der Waals surface area contributed by atoms with Crippen LogP contribution in [-0.4, -0.2) is 37.7 Å². The average molecular weight is 350 g/mol. The molecule has 0 aliphatic heterocycles. The minimum atomic E-state index is -0.779. The van der Waals surface area contributed by atoms with Crippen molar-refractivity contribution in [3.05, 3.63) is 29.8 Å². The second-order valence-electron chi connectivity index (χ2n) is 5.87. The van der Waals surface area contributed by atoms with Crippen LogP contribution in [0.2, 0.25) is 0 Å². The lowest BCUT2D eigenvalue weighted by atomic mass is 10.1. The van der Waals surface area contributed by atoms with Gasteiger partial charge in [-0.3, -0.25) is 9.59 Å². The lowest BCUT2D eigenvalue weighted by molar-refractivity contribution is -0.121. The number of hydrogen-bond acceptors (Lipinski definition) is 5. The molecule has 0 heterocycles. The lowest BCUT2D eigenvalue weighted by Gasteiger charge is -2.08. The Morgan fingerprint density at radius 3 is 2.28 bits per heavy atom. The Morgan fingerprint density at radius 2 is 1.68 bits per heavy atom. The first-order valence-electron chi connectivity index (χ1n) is 8.42. The van der Waals surface area contributed by atoms with Crippen molar-refractivity contribution in [3.8, 4) is 5.75 Å². The Balaban J connectivity index is 2.28. The lowest BCUT2D eigenvalue weighted by Crippen LogP contribution is -2.30. The summed E-state index contributed by atoms with van der Waals surface area (Å²) in [5.74, 6) is 0.438. The van der Waals surface area contributed by atoms with Crippen molar-refractivity contribution in [2.24, 2.45) is 5.92 Å². The number of ether oxygens (including phenoxy) is 2. The molecule has 0 atom stereocenters. The molecule has 1 rings (SSSR count). The van der Waals surface area contributed by atoms with Gasteiger partial charge in [-0.1, -0.05) is 13.8 Å². The largest absolute Gasteiger partial charge is 0.513 e. The molecule has 0 aliphatic carbocycles. The Morgan fingerprint density at radius 1 is 1.04 bits per heavy atom. The van der Waals surface area contributed by atoms with Gasteiger partial charge in [0.2, 0.25) is 5.91 Å². The predicted molar refractivity (Wildman–Crippen MR) is 93.5 cm³/mol. The third kappa shape index (κ3) is 8.74. The van der Waals surface area contributed by atoms with E-state index in [1.165, 1.54) is 12.1 Å². The Hall–Kier alpha value is -2.57. The van der Waals surface area contributed by atoms with E-state index in [1.54, 1.807) is 19.1 Å². The number of carbonyl (C=O) groups is 3. The van der Waals surface area contributed by atoms with E-state index in [0.717, 1.165) is 0 Å². The number of nitrogens with one attached hydrogen (secondary N) is 2. The van der Waals surface area contributed by atoms with Crippen molar-refractivity contribution >= 4 is 18.0 Å². The van der Waals surface area contributed by atoms with E-state index < -0.39 is 6.16 Å². The molecule has 2 N–H and O–H groups in total. The van der Waals surface area contributed by atoms with E-state index in [9.17, 15) is 14.4 Å². The molecule has 7 heteroatoms. The maximum Gasteiger partial charge on any atom is 0.513 e. The Kier molecular flexibility index (Phi) is 9.06. The van der Waals surface area contributed by atoms with Gasteiger partial charge in [0.15, 0.2) is 0 Å². The Labute approximate surface area is 148 Å². The topological polar surface area (TPSA) is 93.7 Å². The number of benzene rings is 1. The van der Waals surface area contributed by atoms with E-state index in [4.69, 9.17) is 4.74 Å². The van der Waals surface area contributed by atoms with Gasteiger partial charge in [0, 0.05) is 25.1 Å². The number of amides is 2. The molecule has 138 valence electrons. The number of carbonyl (C=O) groups excluding carboxylic acids is 3. The second-order valence-corrected chi connectivity index (χ2v) is 5.87. The third-order valence-corrected chi connectivity index (χ3v) is 3.13. The highest BCUT2D eigenvalue weighted by Crippen LogP contribution is 2.13. The number of rotatable bonds is 9. The van der Waals surface area contributed by atoms with Crippen molar-refractivity contribution in [1.29, 1.82) is 0 Å². The smallest absolute Gasteiger partial charge is 0.434 e. The van der Waals surface area contributed by atoms with Crippen molar-refractivity contribution in [3.63, 3.8) is 0 Å². The fourth-order valence-electron chi connectivity index (χ4n) is 1.98. The molecule has 25 heavy (non-hydrogen) atoms. The van der Waals surface area contributed by atoms with Crippen LogP contribution in [0, 0.1) is 5.92 Å². The van der Waals surface area contributed by atoms with Crippen LogP contribution in [0.25, 0.3) is 0 Å². The summed E-state index contributed by atoms with van der Waals surface area (Å²) in [5, 5.41) is 5.58. The monoisotopic (exact) mass is 350 g/mol. The molecule has 1 aromatic rings. The van der Waals surface area contributed by atoms with Crippen molar-refractivity contribution < 1.29 is 23.9 Å². The van der Waals surface area contributed by atoms with Crippen LogP contribution in [0.15, 0.2) is 24.3 Å². The van der Waals surface area contributed by atoms with Crippen LogP contribution in [-0.2, 0) is 9.53 Å². The Bertz CT molecular complexity index is 569. The van der Waals surface area contributed by atoms with E-state index in [1.807, 2.05) is 13.8 Å². The van der Waals surface area contributed by atoms with Gasteiger partial charge in [0.25, 0.3) is 5.91 Å². The molecule has 0 spiro atoms. The summed E-state index contributed by atoms with van der Waals surface area (Å²) in [6.45, 7) is 6.88. The molecule has 7 nitrogen and oxygen atoms in total. The number of hydrogen-bond donors (Lipinski definition) is 2. The highest BCUT2D eigenvalue weighted by atomic mass is 16.7. The molecule has 1 aromatic carbocycles. The van der Waals surface area contributed by atoms with E-state index in [0.29, 0.717) is 43.2 Å². The normalized spacial score (nSPS) is 10.2. The van der Waals surface area contributed by atoms with Crippen LogP contribution < -0.4 is 15.4 Å². The van der Waals surface area contributed by atoms with E-state index >= 15 is 0 Å². The van der Waals surface area contributed by atoms with Crippen LogP contribution in [0.5, 0.6) is 5.75 Å². The van der Waals surface area contributed by atoms with Gasteiger partial charge in [0.05, 0.1) is 6.61 Å². The summed E-state index contributed by atoms with van der Waals surface area (Å²) in [6, 6.07) is 6.18. The highest BCUT2D eigenvalue weighted by molar-refractivity contribution is 5.94. The average Bonchev–Trinajstić information content (AvgIpc) is 2.54. The van der Waals surface area contributed by atoms with Gasteiger partial charge in [-0.05, 0) is 43.5 Å². The summed E-state index contributed by atoms with van der Waals surface area (Å²) in [7, 11) is 0. The van der Waals surface area contributed by atoms with Crippen LogP contribution in [0.1, 0.15) is 44.0 Å². The molecular weight excluding hydrogens is 324 g/mol. The molecule has 0 saturated carbocycles. The molecule has 2 amide bonds. The fraction of sp³-hybridized carbons (Fsp3) is 0.500. The van der Waals surface area contributed by atoms with Crippen molar-refractivity contribution in [2.45, 2.75) is 33.6 Å². The summed E-state index contributed by atoms with van der Waals surface area (Å²) in [4.78, 5) is 34.7. The summed E-state index contributed by atoms with van der Waals surface area (Å²) >= 11 is 0. The molecule has 0 bridgehead atoms. The molecule has 0 aliphatic rings. The molecule has 0 fully saturated rings. The van der Waals surface area contributed by atoms with Gasteiger partial charge in [-0.25, -0.2) is 4.79 Å². The molecule has 0 radical (unpaired) electrons. The standard InChI is InChI=1S/C18H26N2O5/c1-4-24-18(23)25-15-8-6-14(7-9-15)17(22)20-11-5-10-19-16(21)12-13(2)3/h6-9,13H,4-5,10-12H2,1-3H3,(H,19,21)(H,20,22). The third-order valence-electron chi connectivity index (χ3n) is 3.13. The van der Waals surface area contributed by atoms with Gasteiger partial charge in [-0.2, -0.15) is 0 Å². The molecule has 0 aromatic heterocycles. The molecular formula is C18H26N2O5. The first-order valence-corrected chi connectivity index (χ1v) is 8.42. The van der Waals surface area contributed by atoms with Crippen LogP contribution >= 0.6 is 0 Å². The zero-order valence-electron chi connectivity index (χ0n) is 15.0. The van der Waals surface area contributed by atoms with Gasteiger partial charge >= 0.3 is 6.16 Å². The van der Waals surface area contributed by atoms with Gasteiger partial charge < -0.3 is 20.1 Å². The summed E-state index contributed by atoms with van der Waals surface area (Å²) in [6.07, 6.45) is 0.380. The zero-order valence-corrected chi connectivity index (χ0v) is 15.0. The van der Waals surface area contributed by atoms with Crippen LogP contribution in [0.3, 0.4) is 0 Å². The first kappa shape index (κ1) is 20.5. The quantitative estimate of drug-likeness (QED) is 0.405. The second kappa shape index (κ2) is 11.1. The predicted octanol–water partition coefficient (Wildman–Crippen LogP) is 2.50. The van der Waals surface area contributed by atoms with Crippen LogP contribution in [0.4, 0.5) is 4.79 Å².